The number of ether oxygens (including phenoxy) is 1. The second-order valence-corrected chi connectivity index (χ2v) is 3.30. The first-order valence-corrected chi connectivity index (χ1v) is 4.09. The van der Waals surface area contributed by atoms with E-state index in [0.717, 1.165) is 5.56 Å². The Bertz CT molecular complexity index is 333. The van der Waals surface area contributed by atoms with E-state index in [2.05, 4.69) is 0 Å². The molecule has 3 nitrogen and oxygen atoms in total. The number of hydrogen-bond acceptors (Lipinski definition) is 3. The number of aliphatic carboxylic acids is 1. The topological polar surface area (TPSA) is 52.7 Å². The molecule has 1 heterocycles. The van der Waals surface area contributed by atoms with Crippen LogP contribution in [-0.4, -0.2) is 11.6 Å². The number of carbonyl (C=O) groups excluding carboxylic acids is 1. The molecule has 0 N–H and O–H groups in total. The average molecular weight is 177 g/mol. The average Bonchev–Trinajstić information content (AvgIpc) is 2.81. The molecule has 0 amide bonds. The van der Waals surface area contributed by atoms with Gasteiger partial charge in [0.1, 0.15) is 11.7 Å². The zero-order valence-electron chi connectivity index (χ0n) is 7.19. The smallest absolute Gasteiger partial charge is 0.136 e. The van der Waals surface area contributed by atoms with Gasteiger partial charge in [-0.3, -0.25) is 0 Å². The van der Waals surface area contributed by atoms with Gasteiger partial charge in [0, 0.05) is 0 Å². The quantitative estimate of drug-likeness (QED) is 0.609. The van der Waals surface area contributed by atoms with Crippen molar-refractivity contribution in [3.8, 4) is 0 Å². The van der Waals surface area contributed by atoms with Crippen LogP contribution in [-0.2, 0) is 9.53 Å². The van der Waals surface area contributed by atoms with Crippen molar-refractivity contribution in [3.63, 3.8) is 0 Å². The molecule has 1 saturated heterocycles. The van der Waals surface area contributed by atoms with Crippen LogP contribution in [0.5, 0.6) is 0 Å². The van der Waals surface area contributed by atoms with Crippen molar-refractivity contribution in [3.05, 3.63) is 35.9 Å². The summed E-state index contributed by atoms with van der Waals surface area (Å²) in [4.78, 5) is 10.6. The SMILES string of the molecule is CC1(C(=O)[O-])OC1c1ccccc1. The maximum atomic E-state index is 10.6. The molecule has 0 aliphatic carbocycles. The summed E-state index contributed by atoms with van der Waals surface area (Å²) in [6, 6.07) is 9.28. The summed E-state index contributed by atoms with van der Waals surface area (Å²) >= 11 is 0. The minimum atomic E-state index is -1.15. The standard InChI is InChI=1S/C10H10O3/c1-10(9(11)12)8(13-10)7-5-3-2-4-6-7/h2-6,8H,1H3,(H,11,12)/p-1. The number of carbonyl (C=O) groups is 1. The highest BCUT2D eigenvalue weighted by Gasteiger charge is 2.54. The van der Waals surface area contributed by atoms with Gasteiger partial charge in [0.15, 0.2) is 0 Å². The Morgan fingerprint density at radius 3 is 2.54 bits per heavy atom. The van der Waals surface area contributed by atoms with E-state index in [1.54, 1.807) is 0 Å². The van der Waals surface area contributed by atoms with Crippen LogP contribution in [0, 0.1) is 0 Å². The largest absolute Gasteiger partial charge is 0.547 e. The number of benzene rings is 1. The van der Waals surface area contributed by atoms with Crippen LogP contribution in [0.25, 0.3) is 0 Å². The monoisotopic (exact) mass is 177 g/mol. The number of carboxylic acids is 1. The van der Waals surface area contributed by atoms with Crippen molar-refractivity contribution in [1.82, 2.24) is 0 Å². The van der Waals surface area contributed by atoms with Gasteiger partial charge in [0.25, 0.3) is 0 Å². The second kappa shape index (κ2) is 2.57. The van der Waals surface area contributed by atoms with E-state index in [0.29, 0.717) is 0 Å². The normalized spacial score (nSPS) is 31.3. The summed E-state index contributed by atoms with van der Waals surface area (Å²) in [5.74, 6) is -1.15. The summed E-state index contributed by atoms with van der Waals surface area (Å²) in [7, 11) is 0. The molecular formula is C10H9O3-. The lowest BCUT2D eigenvalue weighted by Gasteiger charge is -2.06. The van der Waals surface area contributed by atoms with Gasteiger partial charge < -0.3 is 14.6 Å². The molecule has 1 fully saturated rings. The second-order valence-electron chi connectivity index (χ2n) is 3.30. The fourth-order valence-corrected chi connectivity index (χ4v) is 1.38. The molecular weight excluding hydrogens is 168 g/mol. The number of rotatable bonds is 2. The minimum Gasteiger partial charge on any atom is -0.547 e. The Labute approximate surface area is 76.0 Å². The predicted molar refractivity (Wildman–Crippen MR) is 43.7 cm³/mol. The molecule has 1 aromatic rings. The highest BCUT2D eigenvalue weighted by atomic mass is 16.6. The number of hydrogen-bond donors (Lipinski definition) is 0. The van der Waals surface area contributed by atoms with Crippen LogP contribution in [0.4, 0.5) is 0 Å². The van der Waals surface area contributed by atoms with Crippen molar-refractivity contribution in [2.45, 2.75) is 18.6 Å². The molecule has 0 spiro atoms. The Hall–Kier alpha value is -1.35. The van der Waals surface area contributed by atoms with Gasteiger partial charge in [-0.25, -0.2) is 0 Å². The van der Waals surface area contributed by atoms with Gasteiger partial charge in [-0.1, -0.05) is 30.3 Å². The summed E-state index contributed by atoms with van der Waals surface area (Å²) in [6.45, 7) is 1.53. The Morgan fingerprint density at radius 1 is 1.46 bits per heavy atom. The lowest BCUT2D eigenvalue weighted by molar-refractivity contribution is -0.312. The maximum absolute atomic E-state index is 10.6. The molecule has 1 aliphatic rings. The number of carboxylic acid groups (broad SMARTS) is 1. The lowest BCUT2D eigenvalue weighted by Crippen LogP contribution is -2.36. The molecule has 1 aromatic carbocycles. The van der Waals surface area contributed by atoms with Gasteiger partial charge in [-0.2, -0.15) is 0 Å². The molecule has 13 heavy (non-hydrogen) atoms. The molecule has 2 unspecified atom stereocenters. The minimum absolute atomic E-state index is 0.348. The maximum Gasteiger partial charge on any atom is 0.136 e. The molecule has 0 radical (unpaired) electrons. The first kappa shape index (κ1) is 8.26. The summed E-state index contributed by atoms with van der Waals surface area (Å²) in [5.41, 5.74) is -0.240. The van der Waals surface area contributed by atoms with Gasteiger partial charge >= 0.3 is 0 Å². The molecule has 68 valence electrons. The zero-order chi connectivity index (χ0) is 9.47. The van der Waals surface area contributed by atoms with Crippen LogP contribution in [0.3, 0.4) is 0 Å². The first-order chi connectivity index (χ1) is 6.14. The van der Waals surface area contributed by atoms with E-state index in [1.807, 2.05) is 30.3 Å². The van der Waals surface area contributed by atoms with Gasteiger partial charge in [-0.05, 0) is 12.5 Å². The molecule has 0 aromatic heterocycles. The van der Waals surface area contributed by atoms with Crippen LogP contribution < -0.4 is 5.11 Å². The van der Waals surface area contributed by atoms with Crippen LogP contribution in [0.1, 0.15) is 18.6 Å². The third-order valence-corrected chi connectivity index (χ3v) is 2.31. The summed E-state index contributed by atoms with van der Waals surface area (Å²) < 4.78 is 5.09. The highest BCUT2D eigenvalue weighted by Crippen LogP contribution is 2.48. The van der Waals surface area contributed by atoms with Gasteiger partial charge in [-0.15, -0.1) is 0 Å². The van der Waals surface area contributed by atoms with Crippen LogP contribution in [0.2, 0.25) is 0 Å². The highest BCUT2D eigenvalue weighted by molar-refractivity contribution is 5.79. The molecule has 1 aliphatic heterocycles. The van der Waals surface area contributed by atoms with Crippen molar-refractivity contribution >= 4 is 5.97 Å². The van der Waals surface area contributed by atoms with E-state index >= 15 is 0 Å². The van der Waals surface area contributed by atoms with Crippen molar-refractivity contribution in [1.29, 1.82) is 0 Å². The Balaban J connectivity index is 2.21. The van der Waals surface area contributed by atoms with Gasteiger partial charge in [0.2, 0.25) is 0 Å². The lowest BCUT2D eigenvalue weighted by atomic mass is 10.0. The molecule has 2 atom stereocenters. The van der Waals surface area contributed by atoms with E-state index < -0.39 is 11.6 Å². The van der Waals surface area contributed by atoms with E-state index in [-0.39, 0.29) is 6.10 Å². The Kier molecular flexibility index (Phi) is 1.63. The van der Waals surface area contributed by atoms with Crippen molar-refractivity contribution in [2.24, 2.45) is 0 Å². The third kappa shape index (κ3) is 1.21. The van der Waals surface area contributed by atoms with E-state index in [1.165, 1.54) is 6.92 Å². The molecule has 0 bridgehead atoms. The van der Waals surface area contributed by atoms with Gasteiger partial charge in [0.05, 0.1) is 5.97 Å². The number of epoxide rings is 1. The van der Waals surface area contributed by atoms with Crippen LogP contribution in [0.15, 0.2) is 30.3 Å². The molecule has 2 rings (SSSR count). The predicted octanol–water partition coefficient (Wildman–Crippen LogP) is 0.266. The first-order valence-electron chi connectivity index (χ1n) is 4.09. The summed E-state index contributed by atoms with van der Waals surface area (Å²) in [5, 5.41) is 10.6. The summed E-state index contributed by atoms with van der Waals surface area (Å²) in [6.07, 6.45) is -0.348. The fraction of sp³-hybridized carbons (Fsp3) is 0.300. The fourth-order valence-electron chi connectivity index (χ4n) is 1.38. The third-order valence-electron chi connectivity index (χ3n) is 2.31. The molecule has 3 heteroatoms. The van der Waals surface area contributed by atoms with E-state index in [4.69, 9.17) is 4.74 Å². The van der Waals surface area contributed by atoms with Crippen LogP contribution >= 0.6 is 0 Å². The van der Waals surface area contributed by atoms with Crippen molar-refractivity contribution < 1.29 is 14.6 Å². The van der Waals surface area contributed by atoms with Crippen molar-refractivity contribution in [2.75, 3.05) is 0 Å². The van der Waals surface area contributed by atoms with E-state index in [9.17, 15) is 9.90 Å². The molecule has 0 saturated carbocycles. The zero-order valence-corrected chi connectivity index (χ0v) is 7.19. The Morgan fingerprint density at radius 2 is 2.08 bits per heavy atom.